The van der Waals surface area contributed by atoms with Crippen LogP contribution in [-0.2, 0) is 17.8 Å². The maximum absolute atomic E-state index is 12.4. The van der Waals surface area contributed by atoms with E-state index < -0.39 is 5.91 Å². The molecule has 1 aromatic carbocycles. The van der Waals surface area contributed by atoms with Gasteiger partial charge in [-0.05, 0) is 18.6 Å². The summed E-state index contributed by atoms with van der Waals surface area (Å²) in [7, 11) is 0. The standard InChI is InChI=1S/C17H15ClN4O2S/c1-2-12-7-13-16(25-12)19-10-22(17(13)24)9-15(23)21-20-8-11-5-3-4-6-14(11)18/h3-8,10H,2,9H2,1H3,(H,21,23). The summed E-state index contributed by atoms with van der Waals surface area (Å²) in [5.41, 5.74) is 2.84. The predicted octanol–water partition coefficient (Wildman–Crippen LogP) is 2.82. The van der Waals surface area contributed by atoms with Crippen LogP contribution in [0.5, 0.6) is 0 Å². The molecule has 0 spiro atoms. The lowest BCUT2D eigenvalue weighted by Gasteiger charge is -2.03. The molecule has 0 aliphatic heterocycles. The van der Waals surface area contributed by atoms with Gasteiger partial charge in [0.1, 0.15) is 11.4 Å². The number of aryl methyl sites for hydroxylation is 1. The molecule has 6 nitrogen and oxygen atoms in total. The Bertz CT molecular complexity index is 1010. The van der Waals surface area contributed by atoms with Crippen LogP contribution in [0.3, 0.4) is 0 Å². The second-order valence-electron chi connectivity index (χ2n) is 5.28. The minimum Gasteiger partial charge on any atom is -0.289 e. The van der Waals surface area contributed by atoms with E-state index in [1.54, 1.807) is 12.1 Å². The topological polar surface area (TPSA) is 76.3 Å². The maximum atomic E-state index is 12.4. The van der Waals surface area contributed by atoms with Gasteiger partial charge in [-0.3, -0.25) is 14.2 Å². The Kier molecular flexibility index (Phi) is 5.25. The zero-order valence-corrected chi connectivity index (χ0v) is 15.0. The largest absolute Gasteiger partial charge is 0.289 e. The minimum atomic E-state index is -0.419. The van der Waals surface area contributed by atoms with Gasteiger partial charge in [0, 0.05) is 15.5 Å². The molecule has 0 unspecified atom stereocenters. The molecule has 0 radical (unpaired) electrons. The molecule has 2 aromatic heterocycles. The minimum absolute atomic E-state index is 0.154. The summed E-state index contributed by atoms with van der Waals surface area (Å²) in [6, 6.07) is 8.97. The highest BCUT2D eigenvalue weighted by Gasteiger charge is 2.10. The van der Waals surface area contributed by atoms with Gasteiger partial charge in [-0.2, -0.15) is 5.10 Å². The first kappa shape index (κ1) is 17.3. The van der Waals surface area contributed by atoms with E-state index in [1.165, 1.54) is 28.4 Å². The van der Waals surface area contributed by atoms with E-state index in [0.29, 0.717) is 20.8 Å². The van der Waals surface area contributed by atoms with Gasteiger partial charge in [0.05, 0.1) is 17.9 Å². The van der Waals surface area contributed by atoms with E-state index in [1.807, 2.05) is 25.1 Å². The average molecular weight is 375 g/mol. The van der Waals surface area contributed by atoms with Crippen molar-refractivity contribution >= 4 is 45.3 Å². The molecular weight excluding hydrogens is 360 g/mol. The molecule has 0 saturated heterocycles. The van der Waals surface area contributed by atoms with Gasteiger partial charge in [-0.1, -0.05) is 36.7 Å². The third-order valence-electron chi connectivity index (χ3n) is 3.53. The van der Waals surface area contributed by atoms with Gasteiger partial charge >= 0.3 is 0 Å². The molecule has 3 rings (SSSR count). The van der Waals surface area contributed by atoms with E-state index in [2.05, 4.69) is 15.5 Å². The Morgan fingerprint density at radius 2 is 2.24 bits per heavy atom. The van der Waals surface area contributed by atoms with Crippen LogP contribution in [0.25, 0.3) is 10.2 Å². The Labute approximate surface area is 152 Å². The van der Waals surface area contributed by atoms with E-state index in [4.69, 9.17) is 11.6 Å². The van der Waals surface area contributed by atoms with Crippen molar-refractivity contribution in [2.24, 2.45) is 5.10 Å². The number of hydrogen-bond donors (Lipinski definition) is 1. The highest BCUT2D eigenvalue weighted by atomic mass is 35.5. The molecule has 1 amide bonds. The third-order valence-corrected chi connectivity index (χ3v) is 5.06. The van der Waals surface area contributed by atoms with E-state index in [0.717, 1.165) is 11.3 Å². The molecule has 1 N–H and O–H groups in total. The van der Waals surface area contributed by atoms with Crippen LogP contribution in [0, 0.1) is 0 Å². The summed E-state index contributed by atoms with van der Waals surface area (Å²) >= 11 is 7.49. The second-order valence-corrected chi connectivity index (χ2v) is 6.80. The summed E-state index contributed by atoms with van der Waals surface area (Å²) in [5, 5.41) is 4.94. The van der Waals surface area contributed by atoms with Crippen LogP contribution < -0.4 is 11.0 Å². The van der Waals surface area contributed by atoms with E-state index in [-0.39, 0.29) is 12.1 Å². The van der Waals surface area contributed by atoms with Crippen LogP contribution in [0.15, 0.2) is 46.6 Å². The van der Waals surface area contributed by atoms with Crippen LogP contribution in [0.4, 0.5) is 0 Å². The van der Waals surface area contributed by atoms with Gasteiger partial charge in [0.25, 0.3) is 11.5 Å². The van der Waals surface area contributed by atoms with Crippen molar-refractivity contribution in [3.63, 3.8) is 0 Å². The summed E-state index contributed by atoms with van der Waals surface area (Å²) in [6.07, 6.45) is 3.69. The van der Waals surface area contributed by atoms with Crippen LogP contribution >= 0.6 is 22.9 Å². The Morgan fingerprint density at radius 1 is 1.44 bits per heavy atom. The van der Waals surface area contributed by atoms with Crippen molar-refractivity contribution in [2.45, 2.75) is 19.9 Å². The lowest BCUT2D eigenvalue weighted by atomic mass is 10.2. The van der Waals surface area contributed by atoms with Crippen molar-refractivity contribution in [2.75, 3.05) is 0 Å². The normalized spacial score (nSPS) is 11.3. The zero-order valence-electron chi connectivity index (χ0n) is 13.4. The number of benzene rings is 1. The number of carbonyl (C=O) groups excluding carboxylic acids is 1. The van der Waals surface area contributed by atoms with Crippen LogP contribution in [0.2, 0.25) is 5.02 Å². The monoisotopic (exact) mass is 374 g/mol. The van der Waals surface area contributed by atoms with Crippen molar-refractivity contribution in [3.05, 3.63) is 62.5 Å². The number of carbonyl (C=O) groups is 1. The predicted molar refractivity (Wildman–Crippen MR) is 100 cm³/mol. The maximum Gasteiger partial charge on any atom is 0.262 e. The highest BCUT2D eigenvalue weighted by molar-refractivity contribution is 7.18. The number of halogens is 1. The number of aromatic nitrogens is 2. The lowest BCUT2D eigenvalue weighted by Crippen LogP contribution is -2.29. The summed E-state index contributed by atoms with van der Waals surface area (Å²) in [4.78, 5) is 30.4. The van der Waals surface area contributed by atoms with Crippen molar-refractivity contribution in [1.82, 2.24) is 15.0 Å². The number of thiophene rings is 1. The van der Waals surface area contributed by atoms with Gasteiger partial charge in [-0.25, -0.2) is 10.4 Å². The van der Waals surface area contributed by atoms with Gasteiger partial charge in [-0.15, -0.1) is 11.3 Å². The van der Waals surface area contributed by atoms with Gasteiger partial charge < -0.3 is 0 Å². The molecule has 0 aliphatic rings. The number of fused-ring (bicyclic) bond motifs is 1. The zero-order chi connectivity index (χ0) is 17.8. The second kappa shape index (κ2) is 7.58. The number of amides is 1. The molecular formula is C17H15ClN4O2S. The molecule has 128 valence electrons. The number of hydrazone groups is 1. The summed E-state index contributed by atoms with van der Waals surface area (Å²) in [6.45, 7) is 1.87. The van der Waals surface area contributed by atoms with Crippen molar-refractivity contribution < 1.29 is 4.79 Å². The van der Waals surface area contributed by atoms with E-state index in [9.17, 15) is 9.59 Å². The first-order valence-electron chi connectivity index (χ1n) is 7.62. The Morgan fingerprint density at radius 3 is 3.00 bits per heavy atom. The average Bonchev–Trinajstić information content (AvgIpc) is 3.03. The molecule has 25 heavy (non-hydrogen) atoms. The van der Waals surface area contributed by atoms with Gasteiger partial charge in [0.15, 0.2) is 0 Å². The molecule has 0 fully saturated rings. The first-order chi connectivity index (χ1) is 12.1. The molecule has 0 bridgehead atoms. The van der Waals surface area contributed by atoms with Crippen molar-refractivity contribution in [3.8, 4) is 0 Å². The number of rotatable bonds is 5. The fraction of sp³-hybridized carbons (Fsp3) is 0.176. The van der Waals surface area contributed by atoms with Crippen LogP contribution in [0.1, 0.15) is 17.4 Å². The first-order valence-corrected chi connectivity index (χ1v) is 8.82. The number of hydrogen-bond acceptors (Lipinski definition) is 5. The van der Waals surface area contributed by atoms with E-state index >= 15 is 0 Å². The smallest absolute Gasteiger partial charge is 0.262 e. The van der Waals surface area contributed by atoms with Crippen molar-refractivity contribution in [1.29, 1.82) is 0 Å². The van der Waals surface area contributed by atoms with Gasteiger partial charge in [0.2, 0.25) is 0 Å². The highest BCUT2D eigenvalue weighted by Crippen LogP contribution is 2.20. The quantitative estimate of drug-likeness (QED) is 0.551. The molecule has 8 heteroatoms. The number of nitrogens with one attached hydrogen (secondary N) is 1. The Balaban J connectivity index is 1.71. The molecule has 0 aliphatic carbocycles. The van der Waals surface area contributed by atoms with Crippen LogP contribution in [-0.4, -0.2) is 21.7 Å². The molecule has 0 atom stereocenters. The molecule has 3 aromatic rings. The Hall–Kier alpha value is -2.51. The molecule has 2 heterocycles. The third kappa shape index (κ3) is 3.94. The lowest BCUT2D eigenvalue weighted by molar-refractivity contribution is -0.121. The summed E-state index contributed by atoms with van der Waals surface area (Å²) < 4.78 is 1.27. The molecule has 0 saturated carbocycles. The fourth-order valence-corrected chi connectivity index (χ4v) is 3.35. The summed E-state index contributed by atoms with van der Waals surface area (Å²) in [5.74, 6) is -0.419. The SMILES string of the molecule is CCc1cc2c(=O)n(CC(=O)NN=Cc3ccccc3Cl)cnc2s1. The fourth-order valence-electron chi connectivity index (χ4n) is 2.24. The number of nitrogens with zero attached hydrogens (tertiary/aromatic N) is 3.